The van der Waals surface area contributed by atoms with E-state index in [4.69, 9.17) is 4.74 Å². The second kappa shape index (κ2) is 7.11. The van der Waals surface area contributed by atoms with Crippen molar-refractivity contribution in [3.05, 3.63) is 34.3 Å². The Kier molecular flexibility index (Phi) is 5.19. The summed E-state index contributed by atoms with van der Waals surface area (Å²) in [6, 6.07) is 0. The van der Waals surface area contributed by atoms with Crippen LogP contribution >= 0.6 is 0 Å². The third-order valence-electron chi connectivity index (χ3n) is 3.66. The highest BCUT2D eigenvalue weighted by Gasteiger charge is 2.23. The Balaban J connectivity index is 2.07. The van der Waals surface area contributed by atoms with Gasteiger partial charge in [-0.1, -0.05) is 6.08 Å². The number of carbonyl (C=O) groups is 1. The van der Waals surface area contributed by atoms with Gasteiger partial charge in [0.05, 0.1) is 12.3 Å². The minimum Gasteiger partial charge on any atom is -0.450 e. The predicted octanol–water partition coefficient (Wildman–Crippen LogP) is 1.09. The van der Waals surface area contributed by atoms with Gasteiger partial charge in [-0.2, -0.15) is 0 Å². The first-order chi connectivity index (χ1) is 10.6. The minimum absolute atomic E-state index is 0.129. The van der Waals surface area contributed by atoms with Crippen LogP contribution in [-0.2, 0) is 11.2 Å². The van der Waals surface area contributed by atoms with Gasteiger partial charge >= 0.3 is 6.09 Å². The molecule has 7 heteroatoms. The molecule has 0 aromatic carbocycles. The Morgan fingerprint density at radius 1 is 1.41 bits per heavy atom. The molecular weight excluding hydrogens is 284 g/mol. The van der Waals surface area contributed by atoms with Gasteiger partial charge in [-0.15, -0.1) is 6.58 Å². The van der Waals surface area contributed by atoms with Gasteiger partial charge in [0.25, 0.3) is 5.56 Å². The normalized spacial score (nSPS) is 14.8. The summed E-state index contributed by atoms with van der Waals surface area (Å²) in [5.41, 5.74) is 1.23. The number of nitrogens with one attached hydrogen (secondary N) is 1. The van der Waals surface area contributed by atoms with E-state index in [1.165, 1.54) is 0 Å². The fraction of sp³-hybridized carbons (Fsp3) is 0.533. The average molecular weight is 306 g/mol. The maximum absolute atomic E-state index is 12.1. The van der Waals surface area contributed by atoms with Crippen molar-refractivity contribution >= 4 is 12.0 Å². The molecule has 2 rings (SSSR count). The molecule has 1 N–H and O–H groups in total. The molecule has 1 saturated heterocycles. The molecule has 0 radical (unpaired) electrons. The summed E-state index contributed by atoms with van der Waals surface area (Å²) >= 11 is 0. The van der Waals surface area contributed by atoms with E-state index in [2.05, 4.69) is 16.5 Å². The van der Waals surface area contributed by atoms with Gasteiger partial charge in [-0.3, -0.25) is 9.78 Å². The predicted molar refractivity (Wildman–Crippen MR) is 84.3 cm³/mol. The Bertz CT molecular complexity index is 603. The fourth-order valence-electron chi connectivity index (χ4n) is 2.45. The number of hydrogen-bond acceptors (Lipinski definition) is 5. The highest BCUT2D eigenvalue weighted by molar-refractivity contribution is 5.68. The van der Waals surface area contributed by atoms with Crippen molar-refractivity contribution in [2.24, 2.45) is 0 Å². The van der Waals surface area contributed by atoms with Crippen LogP contribution in [0.3, 0.4) is 0 Å². The Morgan fingerprint density at radius 2 is 2.09 bits per heavy atom. The molecule has 2 heterocycles. The molecule has 1 fully saturated rings. The zero-order valence-electron chi connectivity index (χ0n) is 13.1. The highest BCUT2D eigenvalue weighted by atomic mass is 16.6. The van der Waals surface area contributed by atoms with Gasteiger partial charge in [0, 0.05) is 31.7 Å². The summed E-state index contributed by atoms with van der Waals surface area (Å²) < 4.78 is 4.99. The topological polar surface area (TPSA) is 78.5 Å². The van der Waals surface area contributed by atoms with Crippen molar-refractivity contribution in [1.29, 1.82) is 0 Å². The third-order valence-corrected chi connectivity index (χ3v) is 3.66. The van der Waals surface area contributed by atoms with E-state index in [9.17, 15) is 9.59 Å². The molecule has 22 heavy (non-hydrogen) atoms. The molecule has 7 nitrogen and oxygen atoms in total. The summed E-state index contributed by atoms with van der Waals surface area (Å²) in [5.74, 6) is 0.554. The summed E-state index contributed by atoms with van der Waals surface area (Å²) in [7, 11) is 0. The molecule has 1 aromatic heterocycles. The summed E-state index contributed by atoms with van der Waals surface area (Å²) in [5, 5.41) is 0. The number of aromatic nitrogens is 2. The van der Waals surface area contributed by atoms with E-state index in [0.717, 1.165) is 0 Å². The van der Waals surface area contributed by atoms with Gasteiger partial charge < -0.3 is 14.5 Å². The van der Waals surface area contributed by atoms with Crippen LogP contribution in [0.25, 0.3) is 0 Å². The van der Waals surface area contributed by atoms with Crippen LogP contribution in [0.5, 0.6) is 0 Å². The van der Waals surface area contributed by atoms with Crippen LogP contribution in [0.15, 0.2) is 17.4 Å². The quantitative estimate of drug-likeness (QED) is 0.842. The molecular formula is C15H22N4O3. The van der Waals surface area contributed by atoms with E-state index in [0.29, 0.717) is 56.4 Å². The molecule has 1 amide bonds. The van der Waals surface area contributed by atoms with Gasteiger partial charge in [0.1, 0.15) is 0 Å². The standard InChI is InChI=1S/C15H22N4O3/c1-4-6-12-11(3)16-14(17-13(12)20)18-7-9-19(10-8-18)15(21)22-5-2/h4H,1,5-10H2,2-3H3,(H,16,17,20). The second-order valence-corrected chi connectivity index (χ2v) is 5.12. The van der Waals surface area contributed by atoms with E-state index >= 15 is 0 Å². The molecule has 0 spiro atoms. The Labute approximate surface area is 129 Å². The van der Waals surface area contributed by atoms with E-state index in [1.807, 2.05) is 11.8 Å². The number of H-pyrrole nitrogens is 1. The molecule has 120 valence electrons. The van der Waals surface area contributed by atoms with Crippen molar-refractivity contribution in [3.63, 3.8) is 0 Å². The van der Waals surface area contributed by atoms with Crippen LogP contribution < -0.4 is 10.5 Å². The molecule has 0 bridgehead atoms. The van der Waals surface area contributed by atoms with Crippen LogP contribution in [-0.4, -0.2) is 53.7 Å². The van der Waals surface area contributed by atoms with Crippen LogP contribution in [0.4, 0.5) is 10.7 Å². The summed E-state index contributed by atoms with van der Waals surface area (Å²) in [6.45, 7) is 9.97. The van der Waals surface area contributed by atoms with E-state index in [1.54, 1.807) is 17.9 Å². The zero-order valence-corrected chi connectivity index (χ0v) is 13.1. The number of hydrogen-bond donors (Lipinski definition) is 1. The lowest BCUT2D eigenvalue weighted by atomic mass is 10.2. The van der Waals surface area contributed by atoms with Crippen LogP contribution in [0.2, 0.25) is 0 Å². The van der Waals surface area contributed by atoms with Crippen molar-refractivity contribution in [1.82, 2.24) is 14.9 Å². The van der Waals surface area contributed by atoms with Gasteiger partial charge in [-0.25, -0.2) is 9.78 Å². The number of nitrogens with zero attached hydrogens (tertiary/aromatic N) is 3. The monoisotopic (exact) mass is 306 g/mol. The number of anilines is 1. The number of carbonyl (C=O) groups excluding carboxylic acids is 1. The lowest BCUT2D eigenvalue weighted by Gasteiger charge is -2.34. The van der Waals surface area contributed by atoms with Gasteiger partial charge in [0.15, 0.2) is 0 Å². The lowest BCUT2D eigenvalue weighted by Crippen LogP contribution is -2.49. The molecule has 1 aromatic rings. The Hall–Kier alpha value is -2.31. The first-order valence-electron chi connectivity index (χ1n) is 7.44. The number of allylic oxidation sites excluding steroid dienone is 1. The van der Waals surface area contributed by atoms with Gasteiger partial charge in [-0.05, 0) is 20.3 Å². The smallest absolute Gasteiger partial charge is 0.409 e. The second-order valence-electron chi connectivity index (χ2n) is 5.12. The number of ether oxygens (including phenoxy) is 1. The van der Waals surface area contributed by atoms with Gasteiger partial charge in [0.2, 0.25) is 5.95 Å². The van der Waals surface area contributed by atoms with Crippen molar-refractivity contribution < 1.29 is 9.53 Å². The molecule has 0 atom stereocenters. The lowest BCUT2D eigenvalue weighted by molar-refractivity contribution is 0.105. The fourth-order valence-corrected chi connectivity index (χ4v) is 2.45. The minimum atomic E-state index is -0.291. The SMILES string of the molecule is C=CCc1c(C)nc(N2CCN(C(=O)OCC)CC2)[nH]c1=O. The number of amides is 1. The largest absolute Gasteiger partial charge is 0.450 e. The molecule has 0 unspecified atom stereocenters. The number of aromatic amines is 1. The third kappa shape index (κ3) is 3.47. The molecule has 0 aliphatic carbocycles. The first-order valence-corrected chi connectivity index (χ1v) is 7.44. The summed E-state index contributed by atoms with van der Waals surface area (Å²) in [6.07, 6.45) is 1.91. The van der Waals surface area contributed by atoms with E-state index < -0.39 is 0 Å². The summed E-state index contributed by atoms with van der Waals surface area (Å²) in [4.78, 5) is 34.7. The van der Waals surface area contributed by atoms with Crippen molar-refractivity contribution in [2.75, 3.05) is 37.7 Å². The van der Waals surface area contributed by atoms with E-state index in [-0.39, 0.29) is 11.7 Å². The number of piperazine rings is 1. The number of aryl methyl sites for hydroxylation is 1. The van der Waals surface area contributed by atoms with Crippen molar-refractivity contribution in [3.8, 4) is 0 Å². The molecule has 1 aliphatic heterocycles. The van der Waals surface area contributed by atoms with Crippen LogP contribution in [0, 0.1) is 6.92 Å². The first kappa shape index (κ1) is 16.1. The Morgan fingerprint density at radius 3 is 2.64 bits per heavy atom. The average Bonchev–Trinajstić information content (AvgIpc) is 2.51. The molecule has 1 aliphatic rings. The highest BCUT2D eigenvalue weighted by Crippen LogP contribution is 2.12. The van der Waals surface area contributed by atoms with Crippen molar-refractivity contribution in [2.45, 2.75) is 20.3 Å². The van der Waals surface area contributed by atoms with Crippen LogP contribution in [0.1, 0.15) is 18.2 Å². The maximum Gasteiger partial charge on any atom is 0.409 e. The maximum atomic E-state index is 12.1. The number of rotatable bonds is 4. The zero-order chi connectivity index (χ0) is 16.1. The molecule has 0 saturated carbocycles.